The molecule has 0 fully saturated rings. The molecule has 0 spiro atoms. The fourth-order valence-corrected chi connectivity index (χ4v) is 2.49. The van der Waals surface area contributed by atoms with Crippen molar-refractivity contribution in [1.29, 1.82) is 0 Å². The second kappa shape index (κ2) is 8.11. The van der Waals surface area contributed by atoms with Crippen LogP contribution in [0.25, 0.3) is 0 Å². The lowest BCUT2D eigenvalue weighted by Crippen LogP contribution is -2.72. The monoisotopic (exact) mass is 348 g/mol. The number of nitrogens with two attached hydrogens (primary N) is 1. The van der Waals surface area contributed by atoms with Gasteiger partial charge in [0.15, 0.2) is 0 Å². The van der Waals surface area contributed by atoms with Gasteiger partial charge in [-0.25, -0.2) is 4.99 Å². The second-order valence-corrected chi connectivity index (χ2v) is 5.94. The number of guanidine groups is 1. The molecule has 2 aromatic carbocycles. The van der Waals surface area contributed by atoms with Crippen molar-refractivity contribution in [3.63, 3.8) is 0 Å². The molecule has 0 bridgehead atoms. The van der Waals surface area contributed by atoms with Crippen molar-refractivity contribution in [3.05, 3.63) is 77.6 Å². The summed E-state index contributed by atoms with van der Waals surface area (Å²) in [7, 11) is 0. The van der Waals surface area contributed by atoms with Crippen LogP contribution in [-0.4, -0.2) is 15.9 Å². The number of hydrogen-bond donors (Lipinski definition) is 3. The topological polar surface area (TPSA) is 87.0 Å². The molecule has 26 heavy (non-hydrogen) atoms. The van der Waals surface area contributed by atoms with Crippen molar-refractivity contribution in [2.75, 3.05) is 5.32 Å². The Morgan fingerprint density at radius 2 is 1.73 bits per heavy atom. The minimum absolute atomic E-state index is 0.343. The Labute approximate surface area is 152 Å². The Bertz CT molecular complexity index is 889. The first-order valence-electron chi connectivity index (χ1n) is 8.34. The van der Waals surface area contributed by atoms with Gasteiger partial charge in [0.25, 0.3) is 5.96 Å². The zero-order valence-corrected chi connectivity index (χ0v) is 14.9. The van der Waals surface area contributed by atoms with E-state index in [0.717, 1.165) is 28.4 Å². The van der Waals surface area contributed by atoms with Crippen LogP contribution in [0.3, 0.4) is 0 Å². The van der Waals surface area contributed by atoms with Crippen molar-refractivity contribution in [2.45, 2.75) is 20.5 Å². The Kier molecular flexibility index (Phi) is 5.43. The molecule has 0 aliphatic rings. The van der Waals surface area contributed by atoms with E-state index in [9.17, 15) is 0 Å². The molecular weight excluding hydrogens is 326 g/mol. The summed E-state index contributed by atoms with van der Waals surface area (Å²) in [5.74, 6) is 1.56. The standard InChI is InChI=1S/C20H21N5O/c1-14-11-15(2)23-20(22-14)25-19(21)24-17-9-6-10-18(12-17)26-13-16-7-4-3-5-8-16/h3-12H,13H2,1-2H3,(H3,21,22,23,24,25)/p+1. The van der Waals surface area contributed by atoms with Gasteiger partial charge in [0.2, 0.25) is 0 Å². The van der Waals surface area contributed by atoms with Gasteiger partial charge >= 0.3 is 5.95 Å². The zero-order valence-electron chi connectivity index (χ0n) is 14.9. The van der Waals surface area contributed by atoms with Gasteiger partial charge in [-0.2, -0.15) is 0 Å². The summed E-state index contributed by atoms with van der Waals surface area (Å²) in [5, 5.41) is 3.09. The summed E-state index contributed by atoms with van der Waals surface area (Å²) in [6.45, 7) is 4.34. The minimum atomic E-state index is 0.343. The van der Waals surface area contributed by atoms with E-state index in [2.05, 4.69) is 20.3 Å². The largest absolute Gasteiger partial charge is 0.489 e. The van der Waals surface area contributed by atoms with Gasteiger partial charge in [-0.15, -0.1) is 9.97 Å². The van der Waals surface area contributed by atoms with Crippen LogP contribution >= 0.6 is 0 Å². The summed E-state index contributed by atoms with van der Waals surface area (Å²) in [5.41, 5.74) is 9.71. The Morgan fingerprint density at radius 1 is 1.00 bits per heavy atom. The van der Waals surface area contributed by atoms with Crippen molar-refractivity contribution in [1.82, 2.24) is 9.97 Å². The molecule has 0 aliphatic carbocycles. The number of nitrogens with zero attached hydrogens (tertiary/aromatic N) is 2. The highest BCUT2D eigenvalue weighted by Gasteiger charge is 2.06. The lowest BCUT2D eigenvalue weighted by molar-refractivity contribution is -0.365. The third-order valence-corrected chi connectivity index (χ3v) is 3.59. The predicted molar refractivity (Wildman–Crippen MR) is 102 cm³/mol. The van der Waals surface area contributed by atoms with Crippen LogP contribution in [0.15, 0.2) is 60.7 Å². The van der Waals surface area contributed by atoms with Crippen LogP contribution < -0.4 is 20.8 Å². The molecule has 4 N–H and O–H groups in total. The van der Waals surface area contributed by atoms with E-state index in [-0.39, 0.29) is 0 Å². The number of aryl methyl sites for hydroxylation is 2. The van der Waals surface area contributed by atoms with E-state index in [1.54, 1.807) is 0 Å². The average Bonchev–Trinajstić information content (AvgIpc) is 2.60. The second-order valence-electron chi connectivity index (χ2n) is 5.94. The van der Waals surface area contributed by atoms with Crippen molar-refractivity contribution < 1.29 is 9.73 Å². The van der Waals surface area contributed by atoms with Gasteiger partial charge in [0, 0.05) is 12.1 Å². The van der Waals surface area contributed by atoms with Crippen molar-refractivity contribution >= 4 is 17.6 Å². The summed E-state index contributed by atoms with van der Waals surface area (Å²) < 4.78 is 5.83. The molecule has 6 heteroatoms. The maximum Gasteiger partial charge on any atom is 0.354 e. The van der Waals surface area contributed by atoms with Crippen LogP contribution in [0, 0.1) is 13.8 Å². The number of nitrogens with one attached hydrogen (secondary N) is 2. The first-order valence-corrected chi connectivity index (χ1v) is 8.34. The summed E-state index contributed by atoms with van der Waals surface area (Å²) >= 11 is 0. The molecule has 132 valence electrons. The maximum atomic E-state index is 6.03. The summed E-state index contributed by atoms with van der Waals surface area (Å²) in [6, 6.07) is 19.5. The van der Waals surface area contributed by atoms with E-state index in [0.29, 0.717) is 18.5 Å². The number of rotatable bonds is 5. The molecule has 6 nitrogen and oxygen atoms in total. The predicted octanol–water partition coefficient (Wildman–Crippen LogP) is 1.81. The molecule has 0 saturated carbocycles. The van der Waals surface area contributed by atoms with Gasteiger partial charge in [-0.3, -0.25) is 5.32 Å². The molecule has 0 unspecified atom stereocenters. The lowest BCUT2D eigenvalue weighted by atomic mass is 10.2. The van der Waals surface area contributed by atoms with Crippen LogP contribution in [-0.2, 0) is 6.61 Å². The molecule has 0 aliphatic heterocycles. The number of anilines is 1. The van der Waals surface area contributed by atoms with Gasteiger partial charge in [-0.05, 0) is 31.5 Å². The smallest absolute Gasteiger partial charge is 0.354 e. The van der Waals surface area contributed by atoms with Crippen LogP contribution in [0.5, 0.6) is 5.75 Å². The van der Waals surface area contributed by atoms with E-state index in [4.69, 9.17) is 10.5 Å². The van der Waals surface area contributed by atoms with Crippen molar-refractivity contribution in [2.24, 2.45) is 5.73 Å². The van der Waals surface area contributed by atoms with E-state index < -0.39 is 0 Å². The molecule has 0 radical (unpaired) electrons. The molecule has 1 aromatic heterocycles. The fraction of sp³-hybridized carbons (Fsp3) is 0.150. The number of hydrogen-bond acceptors (Lipinski definition) is 3. The van der Waals surface area contributed by atoms with Gasteiger partial charge in [0.05, 0.1) is 17.1 Å². The molecular formula is C20H22N5O+. The number of benzene rings is 2. The Balaban J connectivity index is 1.66. The first kappa shape index (κ1) is 17.4. The van der Waals surface area contributed by atoms with Crippen LogP contribution in [0.4, 0.5) is 11.6 Å². The fourth-order valence-electron chi connectivity index (χ4n) is 2.49. The number of ether oxygens (including phenoxy) is 1. The highest BCUT2D eigenvalue weighted by molar-refractivity contribution is 5.88. The molecule has 0 amide bonds. The van der Waals surface area contributed by atoms with Crippen LogP contribution in [0.2, 0.25) is 0 Å². The molecule has 0 atom stereocenters. The molecule has 3 rings (SSSR count). The third-order valence-electron chi connectivity index (χ3n) is 3.59. The average molecular weight is 348 g/mol. The molecule has 0 saturated heterocycles. The normalized spacial score (nSPS) is 11.2. The van der Waals surface area contributed by atoms with E-state index in [1.165, 1.54) is 0 Å². The Morgan fingerprint density at radius 3 is 2.46 bits per heavy atom. The quantitative estimate of drug-likeness (QED) is 0.484. The SMILES string of the molecule is Cc1cc(C)nc([NH+]=C(N)Nc2cccc(OCc3ccccc3)c2)n1. The van der Waals surface area contributed by atoms with E-state index in [1.807, 2.05) is 74.5 Å². The molecule has 3 aromatic rings. The Hall–Kier alpha value is -3.41. The van der Waals surface area contributed by atoms with Gasteiger partial charge in [0.1, 0.15) is 12.4 Å². The summed E-state index contributed by atoms with van der Waals surface area (Å²) in [4.78, 5) is 11.6. The van der Waals surface area contributed by atoms with E-state index >= 15 is 0 Å². The zero-order chi connectivity index (χ0) is 18.4. The lowest BCUT2D eigenvalue weighted by Gasteiger charge is -2.08. The molecule has 1 heterocycles. The number of aromatic nitrogens is 2. The maximum absolute atomic E-state index is 6.03. The third kappa shape index (κ3) is 5.04. The highest BCUT2D eigenvalue weighted by atomic mass is 16.5. The minimum Gasteiger partial charge on any atom is -0.489 e. The summed E-state index contributed by atoms with van der Waals surface area (Å²) in [6.07, 6.45) is 0. The van der Waals surface area contributed by atoms with Gasteiger partial charge in [-0.1, -0.05) is 36.4 Å². The van der Waals surface area contributed by atoms with Crippen LogP contribution in [0.1, 0.15) is 17.0 Å². The highest BCUT2D eigenvalue weighted by Crippen LogP contribution is 2.18. The van der Waals surface area contributed by atoms with Gasteiger partial charge < -0.3 is 10.5 Å². The first-order chi connectivity index (χ1) is 12.6. The van der Waals surface area contributed by atoms with Crippen molar-refractivity contribution in [3.8, 4) is 5.75 Å².